The van der Waals surface area contributed by atoms with Crippen molar-refractivity contribution in [3.8, 4) is 0 Å². The summed E-state index contributed by atoms with van der Waals surface area (Å²) in [6, 6.07) is 0. The van der Waals surface area contributed by atoms with Crippen LogP contribution in [0, 0.1) is 0 Å². The van der Waals surface area contributed by atoms with Crippen molar-refractivity contribution in [3.05, 3.63) is 29.0 Å². The second-order valence-corrected chi connectivity index (χ2v) is 4.42. The molecule has 0 fully saturated rings. The van der Waals surface area contributed by atoms with E-state index in [0.717, 1.165) is 12.0 Å². The fraction of sp³-hybridized carbons (Fsp3) is 0.300. The Hall–Kier alpha value is -1.31. The Balaban J connectivity index is 2.95. The van der Waals surface area contributed by atoms with Crippen molar-refractivity contribution in [2.75, 3.05) is 5.75 Å². The molecule has 0 unspecified atom stereocenters. The number of halogens is 1. The van der Waals surface area contributed by atoms with Crippen LogP contribution in [-0.4, -0.2) is 21.5 Å². The van der Waals surface area contributed by atoms with E-state index < -0.39 is 0 Å². The van der Waals surface area contributed by atoms with Crippen LogP contribution in [0.5, 0.6) is 0 Å². The minimum Gasteiger partial charge on any atom is -0.394 e. The first-order chi connectivity index (χ1) is 8.56. The standard InChI is InChI=1S/C10H12ClN3O3S/c1-3-18-17-16-10(6(2)15)9(12)7-4-14-8(11)5-13-7/h4-5H,3,12H2,1-2H3/b10-9-. The van der Waals surface area contributed by atoms with Crippen LogP contribution < -0.4 is 5.73 Å². The topological polar surface area (TPSA) is 87.3 Å². The summed E-state index contributed by atoms with van der Waals surface area (Å²) in [5, 5.41) is 0.231. The summed E-state index contributed by atoms with van der Waals surface area (Å²) < 4.78 is 4.76. The van der Waals surface area contributed by atoms with Crippen LogP contribution in [0.3, 0.4) is 0 Å². The second kappa shape index (κ2) is 7.20. The Morgan fingerprint density at radius 3 is 2.72 bits per heavy atom. The maximum absolute atomic E-state index is 11.4. The lowest BCUT2D eigenvalue weighted by Crippen LogP contribution is -2.11. The van der Waals surface area contributed by atoms with Crippen molar-refractivity contribution in [2.24, 2.45) is 5.73 Å². The Morgan fingerprint density at radius 1 is 1.50 bits per heavy atom. The number of carbonyl (C=O) groups excluding carboxylic acids is 1. The van der Waals surface area contributed by atoms with Gasteiger partial charge in [0.05, 0.1) is 12.4 Å². The van der Waals surface area contributed by atoms with E-state index in [4.69, 9.17) is 26.6 Å². The van der Waals surface area contributed by atoms with E-state index in [2.05, 4.69) is 9.97 Å². The van der Waals surface area contributed by atoms with Gasteiger partial charge in [-0.3, -0.25) is 4.79 Å². The highest BCUT2D eigenvalue weighted by molar-refractivity contribution is 7.94. The predicted molar refractivity (Wildman–Crippen MR) is 69.1 cm³/mol. The van der Waals surface area contributed by atoms with Crippen LogP contribution in [0.1, 0.15) is 19.5 Å². The molecule has 6 nitrogen and oxygen atoms in total. The summed E-state index contributed by atoms with van der Waals surface area (Å²) >= 11 is 6.65. The van der Waals surface area contributed by atoms with Gasteiger partial charge < -0.3 is 10.6 Å². The van der Waals surface area contributed by atoms with Gasteiger partial charge in [-0.05, 0) is 0 Å². The molecule has 0 aliphatic rings. The van der Waals surface area contributed by atoms with Crippen LogP contribution in [-0.2, 0) is 14.0 Å². The van der Waals surface area contributed by atoms with Crippen LogP contribution in [0.2, 0.25) is 5.15 Å². The lowest BCUT2D eigenvalue weighted by Gasteiger charge is -2.07. The molecule has 98 valence electrons. The number of hydrogen-bond acceptors (Lipinski definition) is 7. The lowest BCUT2D eigenvalue weighted by atomic mass is 10.2. The average molecular weight is 290 g/mol. The molecular formula is C10H12ClN3O3S. The number of rotatable bonds is 6. The lowest BCUT2D eigenvalue weighted by molar-refractivity contribution is -0.158. The maximum Gasteiger partial charge on any atom is 0.234 e. The molecule has 0 spiro atoms. The summed E-state index contributed by atoms with van der Waals surface area (Å²) in [4.78, 5) is 24.0. The van der Waals surface area contributed by atoms with Gasteiger partial charge in [-0.15, -0.1) is 4.33 Å². The molecule has 0 amide bonds. The first-order valence-corrected chi connectivity index (χ1v) is 6.29. The molecule has 0 aliphatic carbocycles. The summed E-state index contributed by atoms with van der Waals surface area (Å²) in [6.07, 6.45) is 2.67. The smallest absolute Gasteiger partial charge is 0.234 e. The summed E-state index contributed by atoms with van der Waals surface area (Å²) in [5.41, 5.74) is 6.10. The second-order valence-electron chi connectivity index (χ2n) is 3.08. The number of ketones is 1. The third kappa shape index (κ3) is 4.17. The monoisotopic (exact) mass is 289 g/mol. The first kappa shape index (κ1) is 14.7. The third-order valence-electron chi connectivity index (χ3n) is 1.74. The van der Waals surface area contributed by atoms with E-state index in [-0.39, 0.29) is 28.1 Å². The van der Waals surface area contributed by atoms with Crippen molar-refractivity contribution >= 4 is 35.1 Å². The van der Waals surface area contributed by atoms with Gasteiger partial charge in [-0.25, -0.2) is 9.97 Å². The number of aromatic nitrogens is 2. The van der Waals surface area contributed by atoms with Gasteiger partial charge in [0.2, 0.25) is 11.5 Å². The molecule has 1 aromatic rings. The molecule has 0 bridgehead atoms. The van der Waals surface area contributed by atoms with Gasteiger partial charge in [-0.2, -0.15) is 0 Å². The van der Waals surface area contributed by atoms with Crippen LogP contribution in [0.15, 0.2) is 18.2 Å². The Kier molecular flexibility index (Phi) is 5.90. The SMILES string of the molecule is CCSOO/C(C(C)=O)=C(\N)c1cnc(Cl)cn1. The molecule has 8 heteroatoms. The molecule has 0 atom stereocenters. The minimum atomic E-state index is -0.374. The highest BCUT2D eigenvalue weighted by Crippen LogP contribution is 2.16. The number of carbonyl (C=O) groups is 1. The molecule has 2 N–H and O–H groups in total. The Bertz CT molecular complexity index is 450. The normalized spacial score (nSPS) is 11.9. The van der Waals surface area contributed by atoms with Crippen LogP contribution in [0.25, 0.3) is 5.70 Å². The molecule has 1 aromatic heterocycles. The zero-order chi connectivity index (χ0) is 13.5. The van der Waals surface area contributed by atoms with Gasteiger partial charge in [0.25, 0.3) is 0 Å². The molecule has 0 saturated carbocycles. The Morgan fingerprint density at radius 2 is 2.22 bits per heavy atom. The Labute approximate surface area is 114 Å². The number of nitrogens with two attached hydrogens (primary N) is 1. The minimum absolute atomic E-state index is 0.0448. The highest BCUT2D eigenvalue weighted by Gasteiger charge is 2.15. The first-order valence-electron chi connectivity index (χ1n) is 5.01. The average Bonchev–Trinajstić information content (AvgIpc) is 2.34. The number of allylic oxidation sites excluding steroid dienone is 1. The fourth-order valence-electron chi connectivity index (χ4n) is 0.967. The van der Waals surface area contributed by atoms with Crippen molar-refractivity contribution < 1.29 is 14.0 Å². The number of hydrogen-bond donors (Lipinski definition) is 1. The largest absolute Gasteiger partial charge is 0.394 e. The summed E-state index contributed by atoms with van der Waals surface area (Å²) in [7, 11) is 0. The highest BCUT2D eigenvalue weighted by atomic mass is 35.5. The van der Waals surface area contributed by atoms with Crippen molar-refractivity contribution in [1.82, 2.24) is 9.97 Å². The van der Waals surface area contributed by atoms with E-state index in [0.29, 0.717) is 5.75 Å². The van der Waals surface area contributed by atoms with E-state index in [1.165, 1.54) is 19.3 Å². The summed E-state index contributed by atoms with van der Waals surface area (Å²) in [6.45, 7) is 3.19. The molecule has 0 radical (unpaired) electrons. The van der Waals surface area contributed by atoms with Gasteiger partial charge in [0.1, 0.15) is 16.5 Å². The van der Waals surface area contributed by atoms with E-state index in [1.54, 1.807) is 0 Å². The molecule has 0 aromatic carbocycles. The van der Waals surface area contributed by atoms with Crippen LogP contribution >= 0.6 is 23.6 Å². The quantitative estimate of drug-likeness (QED) is 0.214. The van der Waals surface area contributed by atoms with E-state index in [9.17, 15) is 4.79 Å². The molecule has 0 aliphatic heterocycles. The van der Waals surface area contributed by atoms with Crippen molar-refractivity contribution in [1.29, 1.82) is 0 Å². The van der Waals surface area contributed by atoms with Gasteiger partial charge >= 0.3 is 0 Å². The fourth-order valence-corrected chi connectivity index (χ4v) is 1.28. The zero-order valence-corrected chi connectivity index (χ0v) is 11.4. The van der Waals surface area contributed by atoms with Crippen LogP contribution in [0.4, 0.5) is 0 Å². The molecule has 1 heterocycles. The van der Waals surface area contributed by atoms with E-state index in [1.807, 2.05) is 6.92 Å². The molecule has 0 saturated heterocycles. The summed E-state index contributed by atoms with van der Waals surface area (Å²) in [5.74, 6) is 0.180. The van der Waals surface area contributed by atoms with E-state index >= 15 is 0 Å². The van der Waals surface area contributed by atoms with Crippen molar-refractivity contribution in [3.63, 3.8) is 0 Å². The number of Topliss-reactive ketones (excluding diaryl/α,β-unsaturated/α-hetero) is 1. The maximum atomic E-state index is 11.4. The molecule has 18 heavy (non-hydrogen) atoms. The molecule has 1 rings (SSSR count). The number of nitrogens with zero attached hydrogens (tertiary/aromatic N) is 2. The van der Waals surface area contributed by atoms with Gasteiger partial charge in [-0.1, -0.05) is 18.5 Å². The predicted octanol–water partition coefficient (Wildman–Crippen LogP) is 1.96. The molecular weight excluding hydrogens is 278 g/mol. The van der Waals surface area contributed by atoms with Gasteiger partial charge in [0.15, 0.2) is 0 Å². The zero-order valence-electron chi connectivity index (χ0n) is 9.84. The van der Waals surface area contributed by atoms with Gasteiger partial charge in [0, 0.05) is 24.7 Å². The third-order valence-corrected chi connectivity index (χ3v) is 2.34. The van der Waals surface area contributed by atoms with Crippen molar-refractivity contribution in [2.45, 2.75) is 13.8 Å².